The molecule has 23 heavy (non-hydrogen) atoms. The van der Waals surface area contributed by atoms with E-state index in [1.54, 1.807) is 20.8 Å². The van der Waals surface area contributed by atoms with Crippen molar-refractivity contribution in [2.45, 2.75) is 32.9 Å². The third-order valence-corrected chi connectivity index (χ3v) is 3.91. The molecule has 5 nitrogen and oxygen atoms in total. The van der Waals surface area contributed by atoms with Gasteiger partial charge in [-0.2, -0.15) is 0 Å². The third kappa shape index (κ3) is 4.21. The van der Waals surface area contributed by atoms with Gasteiger partial charge in [0, 0.05) is 18.7 Å². The minimum Gasteiger partial charge on any atom is -0.386 e. The van der Waals surface area contributed by atoms with Crippen LogP contribution >= 0.6 is 11.6 Å². The molecule has 0 fully saturated rings. The highest BCUT2D eigenvalue weighted by atomic mass is 35.5. The molecule has 122 valence electrons. The molecule has 0 amide bonds. The summed E-state index contributed by atoms with van der Waals surface area (Å²) in [4.78, 5) is 10.4. The van der Waals surface area contributed by atoms with Crippen molar-refractivity contribution >= 4 is 23.0 Å². The van der Waals surface area contributed by atoms with Gasteiger partial charge in [0.1, 0.15) is 0 Å². The van der Waals surface area contributed by atoms with Gasteiger partial charge in [0.15, 0.2) is 0 Å². The van der Waals surface area contributed by atoms with Crippen LogP contribution in [0.2, 0.25) is 5.02 Å². The van der Waals surface area contributed by atoms with E-state index in [0.29, 0.717) is 17.3 Å². The quantitative estimate of drug-likeness (QED) is 0.628. The van der Waals surface area contributed by atoms with Gasteiger partial charge in [-0.25, -0.2) is 0 Å². The van der Waals surface area contributed by atoms with Gasteiger partial charge in [-0.05, 0) is 37.5 Å². The molecule has 2 N–H and O–H groups in total. The number of hydrogen-bond donors (Lipinski definition) is 2. The lowest BCUT2D eigenvalue weighted by molar-refractivity contribution is -0.384. The van der Waals surface area contributed by atoms with Crippen LogP contribution in [-0.4, -0.2) is 10.0 Å². The minimum atomic E-state index is -0.871. The van der Waals surface area contributed by atoms with Crippen molar-refractivity contribution in [1.29, 1.82) is 0 Å². The Balaban J connectivity index is 2.14. The number of rotatable bonds is 5. The molecule has 0 saturated carbocycles. The molecule has 0 bridgehead atoms. The summed E-state index contributed by atoms with van der Waals surface area (Å²) < 4.78 is 0. The van der Waals surface area contributed by atoms with E-state index >= 15 is 0 Å². The molecule has 0 spiro atoms. The summed E-state index contributed by atoms with van der Waals surface area (Å²) >= 11 is 6.13. The maximum absolute atomic E-state index is 10.8. The molecule has 2 aromatic carbocycles. The van der Waals surface area contributed by atoms with E-state index in [9.17, 15) is 15.2 Å². The Hall–Kier alpha value is -2.11. The monoisotopic (exact) mass is 334 g/mol. The van der Waals surface area contributed by atoms with Crippen molar-refractivity contribution in [2.75, 3.05) is 5.32 Å². The van der Waals surface area contributed by atoms with Crippen LogP contribution in [0.3, 0.4) is 0 Å². The first kappa shape index (κ1) is 17.2. The molecule has 0 saturated heterocycles. The van der Waals surface area contributed by atoms with Crippen molar-refractivity contribution in [3.63, 3.8) is 0 Å². The summed E-state index contributed by atoms with van der Waals surface area (Å²) in [5.74, 6) is 0. The smallest absolute Gasteiger partial charge is 0.271 e. The number of nitrogens with zero attached hydrogens (tertiary/aromatic N) is 1. The second-order valence-electron chi connectivity index (χ2n) is 5.99. The predicted octanol–water partition coefficient (Wildman–Crippen LogP) is 4.40. The fourth-order valence-electron chi connectivity index (χ4n) is 2.28. The average molecular weight is 335 g/mol. The Kier molecular flexibility index (Phi) is 4.92. The zero-order chi connectivity index (χ0) is 17.2. The summed E-state index contributed by atoms with van der Waals surface area (Å²) in [7, 11) is 0. The van der Waals surface area contributed by atoms with Crippen LogP contribution in [0, 0.1) is 17.0 Å². The summed E-state index contributed by atoms with van der Waals surface area (Å²) in [5.41, 5.74) is 2.37. The Morgan fingerprint density at radius 1 is 1.26 bits per heavy atom. The van der Waals surface area contributed by atoms with Crippen LogP contribution in [0.5, 0.6) is 0 Å². The fraction of sp³-hybridized carbons (Fsp3) is 0.294. The zero-order valence-electron chi connectivity index (χ0n) is 13.3. The van der Waals surface area contributed by atoms with E-state index in [1.807, 2.05) is 24.3 Å². The normalized spacial score (nSPS) is 11.3. The number of benzene rings is 2. The molecule has 0 heterocycles. The van der Waals surface area contributed by atoms with Crippen LogP contribution in [0.15, 0.2) is 36.4 Å². The van der Waals surface area contributed by atoms with Gasteiger partial charge in [-0.3, -0.25) is 10.1 Å². The highest BCUT2D eigenvalue weighted by Crippen LogP contribution is 2.31. The van der Waals surface area contributed by atoms with Crippen molar-refractivity contribution in [1.82, 2.24) is 0 Å². The number of nitro benzene ring substituents is 1. The van der Waals surface area contributed by atoms with Gasteiger partial charge in [0.25, 0.3) is 5.69 Å². The first-order valence-corrected chi connectivity index (χ1v) is 7.56. The van der Waals surface area contributed by atoms with Gasteiger partial charge >= 0.3 is 0 Å². The molecule has 6 heteroatoms. The van der Waals surface area contributed by atoms with Crippen molar-refractivity contribution in [3.05, 3.63) is 68.2 Å². The summed E-state index contributed by atoms with van der Waals surface area (Å²) in [5, 5.41) is 24.3. The molecular formula is C17H19ClN2O3. The zero-order valence-corrected chi connectivity index (χ0v) is 14.0. The third-order valence-electron chi connectivity index (χ3n) is 3.61. The first-order valence-electron chi connectivity index (χ1n) is 7.18. The highest BCUT2D eigenvalue weighted by molar-refractivity contribution is 6.33. The maximum Gasteiger partial charge on any atom is 0.271 e. The molecule has 0 unspecified atom stereocenters. The van der Waals surface area contributed by atoms with Gasteiger partial charge in [0.2, 0.25) is 0 Å². The predicted molar refractivity (Wildman–Crippen MR) is 91.9 cm³/mol. The van der Waals surface area contributed by atoms with E-state index in [-0.39, 0.29) is 5.69 Å². The number of nitro groups is 1. The van der Waals surface area contributed by atoms with Crippen LogP contribution < -0.4 is 5.32 Å². The highest BCUT2D eigenvalue weighted by Gasteiger charge is 2.15. The molecular weight excluding hydrogens is 316 g/mol. The molecule has 0 aromatic heterocycles. The van der Waals surface area contributed by atoms with Gasteiger partial charge in [0.05, 0.1) is 21.2 Å². The SMILES string of the molecule is Cc1cc([N+](=O)[O-])cc(Cl)c1NCc1ccc(C(C)(C)O)cc1. The molecule has 0 aliphatic rings. The number of hydrogen-bond acceptors (Lipinski definition) is 4. The minimum absolute atomic E-state index is 0.0208. The Labute approximate surface area is 140 Å². The van der Waals surface area contributed by atoms with Gasteiger partial charge in [-0.15, -0.1) is 0 Å². The summed E-state index contributed by atoms with van der Waals surface area (Å²) in [6, 6.07) is 10.4. The Bertz CT molecular complexity index is 699. The number of aliphatic hydroxyl groups is 1. The van der Waals surface area contributed by atoms with Gasteiger partial charge < -0.3 is 10.4 Å². The number of non-ortho nitro benzene ring substituents is 1. The number of anilines is 1. The van der Waals surface area contributed by atoms with E-state index in [2.05, 4.69) is 5.32 Å². The van der Waals surface area contributed by atoms with E-state index in [1.165, 1.54) is 12.1 Å². The Morgan fingerprint density at radius 3 is 2.35 bits per heavy atom. The summed E-state index contributed by atoms with van der Waals surface area (Å²) in [6.07, 6.45) is 0. The van der Waals surface area contributed by atoms with Crippen LogP contribution in [-0.2, 0) is 12.1 Å². The van der Waals surface area contributed by atoms with Crippen molar-refractivity contribution in [3.8, 4) is 0 Å². The lowest BCUT2D eigenvalue weighted by Crippen LogP contribution is -2.15. The van der Waals surface area contributed by atoms with Gasteiger partial charge in [-0.1, -0.05) is 35.9 Å². The van der Waals surface area contributed by atoms with Crippen LogP contribution in [0.4, 0.5) is 11.4 Å². The molecule has 2 aromatic rings. The second-order valence-corrected chi connectivity index (χ2v) is 6.39. The lowest BCUT2D eigenvalue weighted by Gasteiger charge is -2.18. The maximum atomic E-state index is 10.8. The van der Waals surface area contributed by atoms with E-state index < -0.39 is 10.5 Å². The summed E-state index contributed by atoms with van der Waals surface area (Å²) in [6.45, 7) is 5.78. The van der Waals surface area contributed by atoms with E-state index in [4.69, 9.17) is 11.6 Å². The second kappa shape index (κ2) is 6.56. The first-order chi connectivity index (χ1) is 10.7. The molecule has 0 atom stereocenters. The number of nitrogens with one attached hydrogen (secondary N) is 1. The van der Waals surface area contributed by atoms with E-state index in [0.717, 1.165) is 16.7 Å². The van der Waals surface area contributed by atoms with Crippen molar-refractivity contribution in [2.24, 2.45) is 0 Å². The number of halogens is 1. The topological polar surface area (TPSA) is 75.4 Å². The largest absolute Gasteiger partial charge is 0.386 e. The fourth-order valence-corrected chi connectivity index (χ4v) is 2.60. The molecule has 0 radical (unpaired) electrons. The average Bonchev–Trinajstić information content (AvgIpc) is 2.45. The number of aryl methyl sites for hydroxylation is 1. The van der Waals surface area contributed by atoms with Crippen LogP contribution in [0.1, 0.15) is 30.5 Å². The lowest BCUT2D eigenvalue weighted by atomic mass is 9.97. The molecule has 2 rings (SSSR count). The Morgan fingerprint density at radius 2 is 1.87 bits per heavy atom. The van der Waals surface area contributed by atoms with Crippen LogP contribution in [0.25, 0.3) is 0 Å². The molecule has 0 aliphatic heterocycles. The standard InChI is InChI=1S/C17H19ClN2O3/c1-11-8-14(20(22)23)9-15(18)16(11)19-10-12-4-6-13(7-5-12)17(2,3)21/h4-9,19,21H,10H2,1-3H3. The van der Waals surface area contributed by atoms with Crippen molar-refractivity contribution < 1.29 is 10.0 Å². The molecule has 0 aliphatic carbocycles.